The van der Waals surface area contributed by atoms with E-state index in [4.69, 9.17) is 0 Å². The predicted octanol–water partition coefficient (Wildman–Crippen LogP) is -0.738. The fourth-order valence-electron chi connectivity index (χ4n) is 1.44. The maximum atomic E-state index is 10.7. The van der Waals surface area contributed by atoms with Gasteiger partial charge in [-0.25, -0.2) is 8.42 Å². The Labute approximate surface area is 123 Å². The summed E-state index contributed by atoms with van der Waals surface area (Å²) in [4.78, 5) is -0.202. The van der Waals surface area contributed by atoms with Gasteiger partial charge in [0.15, 0.2) is 0 Å². The second-order valence-electron chi connectivity index (χ2n) is 3.34. The van der Waals surface area contributed by atoms with Crippen LogP contribution in [0.15, 0.2) is 59.5 Å². The number of rotatable bonds is 2. The molecule has 0 aromatic heterocycles. The zero-order chi connectivity index (χ0) is 11.6. The molecule has 0 saturated heterocycles. The number of benzene rings is 2. The van der Waals surface area contributed by atoms with E-state index in [0.717, 1.165) is 11.1 Å². The summed E-state index contributed by atoms with van der Waals surface area (Å²) in [6.45, 7) is 0. The third kappa shape index (κ3) is 3.66. The molecule has 2 aromatic rings. The van der Waals surface area contributed by atoms with Crippen LogP contribution in [0.25, 0.3) is 11.1 Å². The molecule has 0 spiro atoms. The van der Waals surface area contributed by atoms with Crippen molar-refractivity contribution in [2.75, 3.05) is 0 Å². The Bertz CT molecular complexity index is 577. The molecular formula is C12H9NaO3S. The summed E-state index contributed by atoms with van der Waals surface area (Å²) in [5, 5.41) is 0. The van der Waals surface area contributed by atoms with E-state index in [2.05, 4.69) is 0 Å². The number of hydrogen-bond donors (Lipinski definition) is 0. The molecule has 0 unspecified atom stereocenters. The molecule has 0 amide bonds. The van der Waals surface area contributed by atoms with Crippen molar-refractivity contribution in [2.45, 2.75) is 4.90 Å². The summed E-state index contributed by atoms with van der Waals surface area (Å²) < 4.78 is 32.2. The van der Waals surface area contributed by atoms with Crippen molar-refractivity contribution in [2.24, 2.45) is 0 Å². The topological polar surface area (TPSA) is 57.2 Å². The summed E-state index contributed by atoms with van der Waals surface area (Å²) in [5.41, 5.74) is 1.87. The first-order chi connectivity index (χ1) is 7.57. The van der Waals surface area contributed by atoms with Crippen molar-refractivity contribution in [3.05, 3.63) is 54.6 Å². The maximum Gasteiger partial charge on any atom is 1.00 e. The molecule has 0 fully saturated rings. The van der Waals surface area contributed by atoms with Gasteiger partial charge in [0.25, 0.3) is 0 Å². The van der Waals surface area contributed by atoms with Crippen LogP contribution in [0.5, 0.6) is 0 Å². The van der Waals surface area contributed by atoms with Crippen molar-refractivity contribution in [1.82, 2.24) is 0 Å². The Balaban J connectivity index is 0.00000144. The fourth-order valence-corrected chi connectivity index (χ4v) is 1.91. The molecule has 2 aromatic carbocycles. The SMILES string of the molecule is O=S(=O)([O-])c1ccc(-c2ccccc2)cc1.[Na+]. The van der Waals surface area contributed by atoms with Crippen molar-refractivity contribution >= 4 is 10.1 Å². The quantitative estimate of drug-likeness (QED) is 0.525. The molecule has 0 N–H and O–H groups in total. The Morgan fingerprint density at radius 1 is 0.765 bits per heavy atom. The van der Waals surface area contributed by atoms with E-state index in [0.29, 0.717) is 0 Å². The molecule has 0 radical (unpaired) electrons. The molecule has 0 heterocycles. The zero-order valence-corrected chi connectivity index (χ0v) is 12.1. The Morgan fingerprint density at radius 3 is 1.71 bits per heavy atom. The first-order valence-corrected chi connectivity index (χ1v) is 6.09. The van der Waals surface area contributed by atoms with E-state index in [1.54, 1.807) is 12.1 Å². The molecule has 0 bridgehead atoms. The number of hydrogen-bond acceptors (Lipinski definition) is 3. The van der Waals surface area contributed by atoms with Crippen LogP contribution in [-0.4, -0.2) is 13.0 Å². The summed E-state index contributed by atoms with van der Waals surface area (Å²) in [6, 6.07) is 15.4. The van der Waals surface area contributed by atoms with E-state index < -0.39 is 10.1 Å². The van der Waals surface area contributed by atoms with Crippen LogP contribution in [-0.2, 0) is 10.1 Å². The van der Waals surface area contributed by atoms with Gasteiger partial charge in [0.2, 0.25) is 0 Å². The largest absolute Gasteiger partial charge is 1.00 e. The minimum absolute atomic E-state index is 0. The van der Waals surface area contributed by atoms with Gasteiger partial charge in [0, 0.05) is 0 Å². The molecule has 0 aliphatic rings. The molecule has 17 heavy (non-hydrogen) atoms. The van der Waals surface area contributed by atoms with Gasteiger partial charge in [-0.1, -0.05) is 42.5 Å². The normalized spacial score (nSPS) is 10.6. The average Bonchev–Trinajstić information content (AvgIpc) is 2.29. The van der Waals surface area contributed by atoms with E-state index in [1.165, 1.54) is 12.1 Å². The van der Waals surface area contributed by atoms with Gasteiger partial charge in [-0.2, -0.15) is 0 Å². The summed E-state index contributed by atoms with van der Waals surface area (Å²) in [6.07, 6.45) is 0. The molecule has 0 aliphatic carbocycles. The first-order valence-electron chi connectivity index (χ1n) is 4.69. The van der Waals surface area contributed by atoms with Gasteiger partial charge in [-0.05, 0) is 23.3 Å². The third-order valence-corrected chi connectivity index (χ3v) is 3.10. The van der Waals surface area contributed by atoms with Crippen LogP contribution in [0.1, 0.15) is 0 Å². The minimum Gasteiger partial charge on any atom is -0.744 e. The second-order valence-corrected chi connectivity index (χ2v) is 4.72. The fraction of sp³-hybridized carbons (Fsp3) is 0. The van der Waals surface area contributed by atoms with Crippen molar-refractivity contribution < 1.29 is 42.5 Å². The van der Waals surface area contributed by atoms with Crippen LogP contribution in [0.3, 0.4) is 0 Å². The van der Waals surface area contributed by atoms with Crippen LogP contribution in [0.2, 0.25) is 0 Å². The Hall–Kier alpha value is -0.650. The van der Waals surface area contributed by atoms with Gasteiger partial charge in [0.1, 0.15) is 10.1 Å². The average molecular weight is 256 g/mol. The van der Waals surface area contributed by atoms with E-state index in [9.17, 15) is 13.0 Å². The molecule has 0 atom stereocenters. The van der Waals surface area contributed by atoms with Gasteiger partial charge in [-0.15, -0.1) is 0 Å². The Kier molecular flexibility index (Phi) is 4.91. The zero-order valence-electron chi connectivity index (χ0n) is 9.33. The predicted molar refractivity (Wildman–Crippen MR) is 59.8 cm³/mol. The third-order valence-electron chi connectivity index (χ3n) is 2.25. The smallest absolute Gasteiger partial charge is 0.744 e. The standard InChI is InChI=1S/C12H10O3S.Na/c13-16(14,15)12-8-6-11(7-9-12)10-4-2-1-3-5-10;/h1-9H,(H,13,14,15);/q;+1/p-1. The molecule has 0 saturated carbocycles. The van der Waals surface area contributed by atoms with Crippen LogP contribution < -0.4 is 29.6 Å². The van der Waals surface area contributed by atoms with Gasteiger partial charge in [-0.3, -0.25) is 0 Å². The van der Waals surface area contributed by atoms with Crippen molar-refractivity contribution in [3.8, 4) is 11.1 Å². The molecule has 82 valence electrons. The molecule has 5 heteroatoms. The monoisotopic (exact) mass is 256 g/mol. The van der Waals surface area contributed by atoms with Crippen molar-refractivity contribution in [1.29, 1.82) is 0 Å². The van der Waals surface area contributed by atoms with Crippen LogP contribution in [0.4, 0.5) is 0 Å². The summed E-state index contributed by atoms with van der Waals surface area (Å²) in [5.74, 6) is 0. The van der Waals surface area contributed by atoms with Gasteiger partial charge < -0.3 is 4.55 Å². The molecule has 2 rings (SSSR count). The van der Waals surface area contributed by atoms with Crippen LogP contribution >= 0.6 is 0 Å². The second kappa shape index (κ2) is 5.80. The van der Waals surface area contributed by atoms with Gasteiger partial charge in [0.05, 0.1) is 4.90 Å². The van der Waals surface area contributed by atoms with E-state index in [-0.39, 0.29) is 34.5 Å². The Morgan fingerprint density at radius 2 is 1.24 bits per heavy atom. The molecule has 3 nitrogen and oxygen atoms in total. The molecular weight excluding hydrogens is 247 g/mol. The van der Waals surface area contributed by atoms with Crippen molar-refractivity contribution in [3.63, 3.8) is 0 Å². The minimum atomic E-state index is -4.35. The molecule has 0 aliphatic heterocycles. The van der Waals surface area contributed by atoms with Crippen LogP contribution in [0, 0.1) is 0 Å². The summed E-state index contributed by atoms with van der Waals surface area (Å²) in [7, 11) is -4.35. The van der Waals surface area contributed by atoms with E-state index in [1.807, 2.05) is 30.3 Å². The van der Waals surface area contributed by atoms with E-state index >= 15 is 0 Å². The summed E-state index contributed by atoms with van der Waals surface area (Å²) >= 11 is 0. The first kappa shape index (κ1) is 14.4. The van der Waals surface area contributed by atoms with Gasteiger partial charge >= 0.3 is 29.6 Å². The maximum absolute atomic E-state index is 10.7.